The quantitative estimate of drug-likeness (QED) is 0.860. The second-order valence-electron chi connectivity index (χ2n) is 5.54. The van der Waals surface area contributed by atoms with Crippen LogP contribution in [0.1, 0.15) is 36.8 Å². The minimum absolute atomic E-state index is 0.00143. The summed E-state index contributed by atoms with van der Waals surface area (Å²) >= 11 is 1.65. The highest BCUT2D eigenvalue weighted by atomic mass is 32.1. The van der Waals surface area contributed by atoms with Gasteiger partial charge in [-0.25, -0.2) is 0 Å². The molecule has 112 valence electrons. The van der Waals surface area contributed by atoms with E-state index in [1.54, 1.807) is 11.3 Å². The molecular formula is C17H22N2OS. The van der Waals surface area contributed by atoms with Gasteiger partial charge >= 0.3 is 0 Å². The molecule has 0 saturated heterocycles. The monoisotopic (exact) mass is 302 g/mol. The molecule has 0 radical (unpaired) electrons. The van der Waals surface area contributed by atoms with E-state index in [9.17, 15) is 4.79 Å². The minimum Gasteiger partial charge on any atom is -0.344 e. The first-order chi connectivity index (χ1) is 10.1. The summed E-state index contributed by atoms with van der Waals surface area (Å²) in [6.07, 6.45) is 0.354. The van der Waals surface area contributed by atoms with Gasteiger partial charge in [-0.05, 0) is 22.9 Å². The molecule has 1 aromatic heterocycles. The molecule has 0 saturated carbocycles. The molecule has 4 heteroatoms. The van der Waals surface area contributed by atoms with Crippen LogP contribution in [-0.2, 0) is 4.79 Å². The van der Waals surface area contributed by atoms with Crippen molar-refractivity contribution in [1.82, 2.24) is 5.32 Å². The number of rotatable bonds is 6. The number of nitrogens with one attached hydrogen (secondary N) is 1. The molecule has 2 unspecified atom stereocenters. The third-order valence-corrected chi connectivity index (χ3v) is 4.48. The largest absolute Gasteiger partial charge is 0.344 e. The molecular weight excluding hydrogens is 280 g/mol. The van der Waals surface area contributed by atoms with Crippen molar-refractivity contribution < 1.29 is 4.79 Å². The lowest BCUT2D eigenvalue weighted by molar-refractivity contribution is -0.122. The Morgan fingerprint density at radius 2 is 1.90 bits per heavy atom. The van der Waals surface area contributed by atoms with Crippen molar-refractivity contribution in [1.29, 1.82) is 0 Å². The highest BCUT2D eigenvalue weighted by Gasteiger charge is 2.20. The zero-order chi connectivity index (χ0) is 15.2. The number of hydrogen-bond acceptors (Lipinski definition) is 3. The van der Waals surface area contributed by atoms with Crippen LogP contribution in [0, 0.1) is 5.92 Å². The van der Waals surface area contributed by atoms with E-state index in [4.69, 9.17) is 5.73 Å². The molecule has 3 N–H and O–H groups in total. The van der Waals surface area contributed by atoms with Crippen LogP contribution in [0.2, 0.25) is 0 Å². The smallest absolute Gasteiger partial charge is 0.222 e. The van der Waals surface area contributed by atoms with E-state index in [1.807, 2.05) is 61.7 Å². The summed E-state index contributed by atoms with van der Waals surface area (Å²) in [7, 11) is 0. The molecule has 3 nitrogen and oxygen atoms in total. The molecule has 1 aromatic carbocycles. The molecule has 2 rings (SSSR count). The summed E-state index contributed by atoms with van der Waals surface area (Å²) in [5.41, 5.74) is 7.08. The summed E-state index contributed by atoms with van der Waals surface area (Å²) in [4.78, 5) is 13.4. The Kier molecular flexibility index (Phi) is 5.53. The van der Waals surface area contributed by atoms with Crippen LogP contribution in [-0.4, -0.2) is 11.9 Å². The first kappa shape index (κ1) is 15.7. The first-order valence-corrected chi connectivity index (χ1v) is 8.09. The second kappa shape index (κ2) is 7.38. The second-order valence-corrected chi connectivity index (χ2v) is 6.52. The topological polar surface area (TPSA) is 55.1 Å². The Balaban J connectivity index is 2.13. The van der Waals surface area contributed by atoms with Crippen LogP contribution in [0.5, 0.6) is 0 Å². The molecule has 1 heterocycles. The highest BCUT2D eigenvalue weighted by molar-refractivity contribution is 7.10. The summed E-state index contributed by atoms with van der Waals surface area (Å²) in [6, 6.07) is 13.9. The number of benzene rings is 1. The number of carbonyl (C=O) groups excluding carboxylic acids is 1. The number of carbonyl (C=O) groups is 1. The Morgan fingerprint density at radius 1 is 1.19 bits per heavy atom. The summed E-state index contributed by atoms with van der Waals surface area (Å²) in [5.74, 6) is 0.297. The van der Waals surface area contributed by atoms with Crippen molar-refractivity contribution >= 4 is 17.2 Å². The fourth-order valence-electron chi connectivity index (χ4n) is 2.09. The van der Waals surface area contributed by atoms with Crippen molar-refractivity contribution in [2.24, 2.45) is 11.7 Å². The van der Waals surface area contributed by atoms with E-state index in [-0.39, 0.29) is 18.0 Å². The summed E-state index contributed by atoms with van der Waals surface area (Å²) < 4.78 is 0. The van der Waals surface area contributed by atoms with Crippen LogP contribution in [0.3, 0.4) is 0 Å². The minimum atomic E-state index is -0.107. The number of amides is 1. The average Bonchev–Trinajstić information content (AvgIpc) is 2.99. The standard InChI is InChI=1S/C17H22N2OS/c1-12(2)14(18)11-16(20)19-17(15-9-6-10-21-15)13-7-4-3-5-8-13/h3-10,12,14,17H,11,18H2,1-2H3,(H,19,20). The predicted molar refractivity (Wildman–Crippen MR) is 88.2 cm³/mol. The van der Waals surface area contributed by atoms with Gasteiger partial charge in [0.05, 0.1) is 6.04 Å². The maximum atomic E-state index is 12.3. The van der Waals surface area contributed by atoms with Crippen LogP contribution in [0.25, 0.3) is 0 Å². The Bertz CT molecular complexity index is 551. The van der Waals surface area contributed by atoms with E-state index in [0.29, 0.717) is 12.3 Å². The van der Waals surface area contributed by atoms with Gasteiger partial charge < -0.3 is 11.1 Å². The van der Waals surface area contributed by atoms with E-state index in [1.165, 1.54) is 0 Å². The summed E-state index contributed by atoms with van der Waals surface area (Å²) in [5, 5.41) is 5.14. The first-order valence-electron chi connectivity index (χ1n) is 7.21. The molecule has 2 aromatic rings. The van der Waals surface area contributed by atoms with Gasteiger partial charge in [-0.1, -0.05) is 50.2 Å². The fourth-order valence-corrected chi connectivity index (χ4v) is 2.89. The van der Waals surface area contributed by atoms with Crippen LogP contribution >= 0.6 is 11.3 Å². The zero-order valence-electron chi connectivity index (χ0n) is 12.5. The SMILES string of the molecule is CC(C)C(N)CC(=O)NC(c1ccccc1)c1cccs1. The maximum absolute atomic E-state index is 12.3. The normalized spacial score (nSPS) is 13.9. The van der Waals surface area contributed by atoms with Crippen molar-refractivity contribution in [3.8, 4) is 0 Å². The van der Waals surface area contributed by atoms with Crippen LogP contribution < -0.4 is 11.1 Å². The number of nitrogens with two attached hydrogens (primary N) is 1. The molecule has 0 fully saturated rings. The fraction of sp³-hybridized carbons (Fsp3) is 0.353. The molecule has 0 spiro atoms. The van der Waals surface area contributed by atoms with E-state index in [0.717, 1.165) is 10.4 Å². The molecule has 0 aliphatic carbocycles. The molecule has 1 amide bonds. The van der Waals surface area contributed by atoms with Crippen molar-refractivity contribution in [2.45, 2.75) is 32.4 Å². The lowest BCUT2D eigenvalue weighted by Gasteiger charge is -2.20. The molecule has 0 bridgehead atoms. The van der Waals surface area contributed by atoms with Gasteiger partial charge in [-0.2, -0.15) is 0 Å². The van der Waals surface area contributed by atoms with E-state index < -0.39 is 0 Å². The molecule has 0 aliphatic heterocycles. The van der Waals surface area contributed by atoms with E-state index in [2.05, 4.69) is 5.32 Å². The Labute approximate surface area is 130 Å². The molecule has 2 atom stereocenters. The lowest BCUT2D eigenvalue weighted by Crippen LogP contribution is -2.36. The van der Waals surface area contributed by atoms with Crippen LogP contribution in [0.15, 0.2) is 47.8 Å². The van der Waals surface area contributed by atoms with Crippen LogP contribution in [0.4, 0.5) is 0 Å². The predicted octanol–water partition coefficient (Wildman–Crippen LogP) is 3.33. The third-order valence-electron chi connectivity index (χ3n) is 3.54. The van der Waals surface area contributed by atoms with Gasteiger partial charge in [-0.15, -0.1) is 11.3 Å². The van der Waals surface area contributed by atoms with Gasteiger partial charge in [0, 0.05) is 17.3 Å². The lowest BCUT2D eigenvalue weighted by atomic mass is 10.0. The maximum Gasteiger partial charge on any atom is 0.222 e. The van der Waals surface area contributed by atoms with Gasteiger partial charge in [0.15, 0.2) is 0 Å². The van der Waals surface area contributed by atoms with E-state index >= 15 is 0 Å². The zero-order valence-corrected chi connectivity index (χ0v) is 13.3. The Morgan fingerprint density at radius 3 is 2.48 bits per heavy atom. The number of thiophene rings is 1. The van der Waals surface area contributed by atoms with Gasteiger partial charge in [0.25, 0.3) is 0 Å². The highest BCUT2D eigenvalue weighted by Crippen LogP contribution is 2.26. The Hall–Kier alpha value is -1.65. The summed E-state index contributed by atoms with van der Waals surface area (Å²) in [6.45, 7) is 4.07. The van der Waals surface area contributed by atoms with Gasteiger partial charge in [-0.3, -0.25) is 4.79 Å². The molecule has 21 heavy (non-hydrogen) atoms. The van der Waals surface area contributed by atoms with Gasteiger partial charge in [0.2, 0.25) is 5.91 Å². The van der Waals surface area contributed by atoms with Crippen molar-refractivity contribution in [3.63, 3.8) is 0 Å². The van der Waals surface area contributed by atoms with Crippen molar-refractivity contribution in [3.05, 3.63) is 58.3 Å². The van der Waals surface area contributed by atoms with Gasteiger partial charge in [0.1, 0.15) is 0 Å². The third kappa shape index (κ3) is 4.41. The van der Waals surface area contributed by atoms with Crippen molar-refractivity contribution in [2.75, 3.05) is 0 Å². The number of hydrogen-bond donors (Lipinski definition) is 2. The molecule has 0 aliphatic rings. The average molecular weight is 302 g/mol.